The molecule has 1 aromatic heterocycles. The number of hydrogen-bond donors (Lipinski definition) is 2. The average Bonchev–Trinajstić information content (AvgIpc) is 2.68. The highest BCUT2D eigenvalue weighted by atomic mass is 32.1. The van der Waals surface area contributed by atoms with Crippen molar-refractivity contribution in [3.63, 3.8) is 0 Å². The van der Waals surface area contributed by atoms with E-state index in [-0.39, 0.29) is 6.04 Å². The van der Waals surface area contributed by atoms with Crippen LogP contribution in [0.15, 0.2) is 11.1 Å². The Morgan fingerprint density at radius 1 is 1.44 bits per heavy atom. The summed E-state index contributed by atoms with van der Waals surface area (Å²) in [6, 6.07) is 2.52. The quantitative estimate of drug-likeness (QED) is 0.359. The van der Waals surface area contributed by atoms with Crippen molar-refractivity contribution in [2.45, 2.75) is 45.6 Å². The largest absolute Gasteiger partial charge is 0.308 e. The summed E-state index contributed by atoms with van der Waals surface area (Å²) in [5.74, 6) is 6.36. The minimum atomic E-state index is 0.269. The van der Waals surface area contributed by atoms with E-state index in [4.69, 9.17) is 5.84 Å². The maximum absolute atomic E-state index is 5.54. The lowest BCUT2D eigenvalue weighted by Crippen LogP contribution is -2.31. The molecule has 0 amide bonds. The molecule has 0 unspecified atom stereocenters. The molecule has 1 heterocycles. The van der Waals surface area contributed by atoms with E-state index < -0.39 is 0 Å². The predicted octanol–water partition coefficient (Wildman–Crippen LogP) is 2.25. The van der Waals surface area contributed by atoms with Crippen LogP contribution >= 0.6 is 11.3 Å². The molecule has 1 aliphatic rings. The number of amidine groups is 1. The molecule has 2 rings (SSSR count). The molecule has 1 aromatic rings. The Hall–Kier alpha value is -0.870. The summed E-state index contributed by atoms with van der Waals surface area (Å²) in [7, 11) is 0. The highest BCUT2D eigenvalue weighted by Gasteiger charge is 2.15. The van der Waals surface area contributed by atoms with Gasteiger partial charge >= 0.3 is 0 Å². The first-order valence-electron chi connectivity index (χ1n) is 5.87. The van der Waals surface area contributed by atoms with Gasteiger partial charge < -0.3 is 5.43 Å². The van der Waals surface area contributed by atoms with Gasteiger partial charge in [-0.2, -0.15) is 0 Å². The number of nitrogens with one attached hydrogen (secondary N) is 1. The predicted molar refractivity (Wildman–Crippen MR) is 70.0 cm³/mol. The van der Waals surface area contributed by atoms with Crippen molar-refractivity contribution in [3.05, 3.63) is 21.4 Å². The van der Waals surface area contributed by atoms with E-state index in [9.17, 15) is 0 Å². The fourth-order valence-electron chi connectivity index (χ4n) is 2.04. The van der Waals surface area contributed by atoms with Gasteiger partial charge in [-0.05, 0) is 51.2 Å². The summed E-state index contributed by atoms with van der Waals surface area (Å²) >= 11 is 1.84. The van der Waals surface area contributed by atoms with Crippen LogP contribution in [0.4, 0.5) is 0 Å². The minimum absolute atomic E-state index is 0.269. The van der Waals surface area contributed by atoms with Crippen molar-refractivity contribution in [1.29, 1.82) is 0 Å². The Balaban J connectivity index is 2.28. The number of rotatable bonds is 2. The number of hydrogen-bond acceptors (Lipinski definition) is 3. The molecule has 0 saturated carbocycles. The number of aryl methyl sites for hydroxylation is 2. The number of nitrogens with two attached hydrogens (primary N) is 1. The standard InChI is InChI=1S/C12H19N3S/c1-8(2)14-12(15-13)11-7-9-5-3-4-6-10(9)16-11/h7-8H,3-6,13H2,1-2H3,(H,14,15). The first-order valence-corrected chi connectivity index (χ1v) is 6.68. The Bertz CT molecular complexity index is 369. The van der Waals surface area contributed by atoms with Crippen molar-refractivity contribution in [2.24, 2.45) is 10.8 Å². The zero-order chi connectivity index (χ0) is 11.5. The van der Waals surface area contributed by atoms with Gasteiger partial charge in [-0.25, -0.2) is 5.84 Å². The lowest BCUT2D eigenvalue weighted by molar-refractivity contribution is 0.697. The van der Waals surface area contributed by atoms with Crippen LogP contribution in [0.1, 0.15) is 42.0 Å². The molecular formula is C12H19N3S. The van der Waals surface area contributed by atoms with Gasteiger partial charge in [0.25, 0.3) is 0 Å². The third-order valence-corrected chi connectivity index (χ3v) is 4.00. The van der Waals surface area contributed by atoms with Crippen LogP contribution in [0.2, 0.25) is 0 Å². The molecule has 0 bridgehead atoms. The molecule has 0 fully saturated rings. The van der Waals surface area contributed by atoms with Crippen LogP contribution in [-0.4, -0.2) is 11.9 Å². The summed E-state index contributed by atoms with van der Waals surface area (Å²) in [4.78, 5) is 7.20. The monoisotopic (exact) mass is 237 g/mol. The van der Waals surface area contributed by atoms with Crippen LogP contribution in [0.25, 0.3) is 0 Å². The first kappa shape index (κ1) is 11.6. The van der Waals surface area contributed by atoms with Gasteiger partial charge in [0.2, 0.25) is 0 Å². The third kappa shape index (κ3) is 2.44. The third-order valence-electron chi connectivity index (χ3n) is 2.75. The van der Waals surface area contributed by atoms with E-state index in [2.05, 4.69) is 30.3 Å². The lowest BCUT2D eigenvalue weighted by atomic mass is 9.99. The number of thiophene rings is 1. The Kier molecular flexibility index (Phi) is 3.61. The van der Waals surface area contributed by atoms with Crippen LogP contribution in [0.5, 0.6) is 0 Å². The Morgan fingerprint density at radius 2 is 2.19 bits per heavy atom. The van der Waals surface area contributed by atoms with Gasteiger partial charge in [-0.1, -0.05) is 0 Å². The molecule has 0 aliphatic heterocycles. The van der Waals surface area contributed by atoms with Crippen molar-refractivity contribution < 1.29 is 0 Å². The van der Waals surface area contributed by atoms with Crippen molar-refractivity contribution in [3.8, 4) is 0 Å². The number of fused-ring (bicyclic) bond motifs is 1. The normalized spacial score (nSPS) is 16.4. The summed E-state index contributed by atoms with van der Waals surface area (Å²) in [5, 5.41) is 0. The Labute approximate surface area is 101 Å². The highest BCUT2D eigenvalue weighted by molar-refractivity contribution is 7.14. The molecule has 0 saturated heterocycles. The van der Waals surface area contributed by atoms with E-state index in [1.807, 2.05) is 11.3 Å². The second-order valence-corrected chi connectivity index (χ2v) is 5.62. The van der Waals surface area contributed by atoms with E-state index >= 15 is 0 Å². The second-order valence-electron chi connectivity index (χ2n) is 4.48. The van der Waals surface area contributed by atoms with E-state index in [1.54, 1.807) is 0 Å². The molecule has 0 atom stereocenters. The number of nitrogens with zero attached hydrogens (tertiary/aromatic N) is 1. The van der Waals surface area contributed by atoms with Gasteiger partial charge in [0, 0.05) is 10.9 Å². The summed E-state index contributed by atoms with van der Waals surface area (Å²) in [6.07, 6.45) is 5.07. The SMILES string of the molecule is CC(C)N=C(NN)c1cc2c(s1)CCCC2. The molecule has 3 nitrogen and oxygen atoms in total. The van der Waals surface area contributed by atoms with Crippen molar-refractivity contribution in [2.75, 3.05) is 0 Å². The van der Waals surface area contributed by atoms with Gasteiger partial charge in [-0.3, -0.25) is 4.99 Å². The van der Waals surface area contributed by atoms with Crippen LogP contribution < -0.4 is 11.3 Å². The zero-order valence-electron chi connectivity index (χ0n) is 9.92. The van der Waals surface area contributed by atoms with E-state index in [0.29, 0.717) is 0 Å². The molecule has 3 N–H and O–H groups in total. The Morgan fingerprint density at radius 3 is 2.81 bits per heavy atom. The highest BCUT2D eigenvalue weighted by Crippen LogP contribution is 2.29. The van der Waals surface area contributed by atoms with Crippen LogP contribution in [-0.2, 0) is 12.8 Å². The van der Waals surface area contributed by atoms with Gasteiger partial charge in [0.05, 0.1) is 4.88 Å². The summed E-state index contributed by atoms with van der Waals surface area (Å²) in [6.45, 7) is 4.12. The average molecular weight is 237 g/mol. The lowest BCUT2D eigenvalue weighted by Gasteiger charge is -2.08. The molecule has 1 aliphatic carbocycles. The van der Waals surface area contributed by atoms with Crippen molar-refractivity contribution in [1.82, 2.24) is 5.43 Å². The molecule has 4 heteroatoms. The second kappa shape index (κ2) is 4.97. The fourth-order valence-corrected chi connectivity index (χ4v) is 3.25. The maximum Gasteiger partial charge on any atom is 0.153 e. The van der Waals surface area contributed by atoms with E-state index in [0.717, 1.165) is 5.84 Å². The van der Waals surface area contributed by atoms with Gasteiger partial charge in [0.15, 0.2) is 5.84 Å². The van der Waals surface area contributed by atoms with Crippen LogP contribution in [0, 0.1) is 0 Å². The smallest absolute Gasteiger partial charge is 0.153 e. The number of hydrazine groups is 1. The van der Waals surface area contributed by atoms with Crippen molar-refractivity contribution >= 4 is 17.2 Å². The van der Waals surface area contributed by atoms with Gasteiger partial charge in [0.1, 0.15) is 0 Å². The topological polar surface area (TPSA) is 50.4 Å². The fraction of sp³-hybridized carbons (Fsp3) is 0.583. The maximum atomic E-state index is 5.54. The number of aliphatic imine (C=N–C) groups is 1. The van der Waals surface area contributed by atoms with E-state index in [1.165, 1.54) is 41.0 Å². The molecule has 0 aromatic carbocycles. The minimum Gasteiger partial charge on any atom is -0.308 e. The van der Waals surface area contributed by atoms with Crippen LogP contribution in [0.3, 0.4) is 0 Å². The molecule has 0 spiro atoms. The molecule has 88 valence electrons. The zero-order valence-corrected chi connectivity index (χ0v) is 10.7. The summed E-state index contributed by atoms with van der Waals surface area (Å²) < 4.78 is 0. The first-order chi connectivity index (χ1) is 7.70. The van der Waals surface area contributed by atoms with Gasteiger partial charge in [-0.15, -0.1) is 11.3 Å². The molecule has 0 radical (unpaired) electrons. The molecular weight excluding hydrogens is 218 g/mol. The summed E-state index contributed by atoms with van der Waals surface area (Å²) in [5.41, 5.74) is 4.22. The molecule has 16 heavy (non-hydrogen) atoms.